The van der Waals surface area contributed by atoms with Crippen molar-refractivity contribution in [3.05, 3.63) is 41.8 Å². The van der Waals surface area contributed by atoms with Crippen molar-refractivity contribution in [2.45, 2.75) is 11.4 Å². The fourth-order valence-corrected chi connectivity index (χ4v) is 1.55. The number of nitrogens with zero attached hydrogens (tertiary/aromatic N) is 1. The van der Waals surface area contributed by atoms with Crippen LogP contribution in [-0.4, -0.2) is 4.98 Å². The highest BCUT2D eigenvalue weighted by Gasteiger charge is 2.04. The fraction of sp³-hybridized carbons (Fsp3) is 0.182. The van der Waals surface area contributed by atoms with Gasteiger partial charge in [-0.1, -0.05) is 40.3 Å². The van der Waals surface area contributed by atoms with Gasteiger partial charge < -0.3 is 4.42 Å². The Morgan fingerprint density at radius 1 is 1.29 bits per heavy atom. The van der Waals surface area contributed by atoms with Crippen LogP contribution in [-0.2, 0) is 4.43 Å². The zero-order valence-corrected chi connectivity index (χ0v) is 9.98. The van der Waals surface area contributed by atoms with Gasteiger partial charge in [0.25, 0.3) is 0 Å². The Morgan fingerprint density at radius 2 is 2.00 bits per heavy atom. The normalized spacial score (nSPS) is 10.4. The number of halogens is 1. The van der Waals surface area contributed by atoms with Crippen molar-refractivity contribution in [1.82, 2.24) is 4.98 Å². The van der Waals surface area contributed by atoms with Gasteiger partial charge in [-0.25, -0.2) is 4.98 Å². The van der Waals surface area contributed by atoms with E-state index in [1.54, 1.807) is 6.26 Å². The number of hydrogen-bond acceptors (Lipinski definition) is 2. The molecule has 2 nitrogen and oxygen atoms in total. The first kappa shape index (κ1) is 9.71. The van der Waals surface area contributed by atoms with Gasteiger partial charge in [-0.3, -0.25) is 0 Å². The van der Waals surface area contributed by atoms with Gasteiger partial charge in [0.15, 0.2) is 0 Å². The van der Waals surface area contributed by atoms with Crippen molar-refractivity contribution in [1.29, 1.82) is 0 Å². The number of oxazole rings is 1. The van der Waals surface area contributed by atoms with Crippen molar-refractivity contribution >= 4 is 22.6 Å². The van der Waals surface area contributed by atoms with Gasteiger partial charge in [0.1, 0.15) is 6.26 Å². The molecule has 3 heteroatoms. The smallest absolute Gasteiger partial charge is 0.226 e. The van der Waals surface area contributed by atoms with Gasteiger partial charge >= 0.3 is 0 Å². The van der Waals surface area contributed by atoms with Gasteiger partial charge in [0.05, 0.1) is 5.69 Å². The molecule has 2 rings (SSSR count). The van der Waals surface area contributed by atoms with Crippen LogP contribution in [0.4, 0.5) is 0 Å². The Bertz CT molecular complexity index is 419. The second kappa shape index (κ2) is 4.13. The molecule has 0 aliphatic heterocycles. The molecule has 1 aromatic carbocycles. The Kier molecular flexibility index (Phi) is 2.86. The van der Waals surface area contributed by atoms with Crippen LogP contribution < -0.4 is 0 Å². The summed E-state index contributed by atoms with van der Waals surface area (Å²) >= 11 is 2.27. The summed E-state index contributed by atoms with van der Waals surface area (Å²) in [7, 11) is 0. The number of benzene rings is 1. The molecule has 0 saturated heterocycles. The summed E-state index contributed by atoms with van der Waals surface area (Å²) in [5.41, 5.74) is 3.27. The molecule has 0 radical (unpaired) electrons. The summed E-state index contributed by atoms with van der Waals surface area (Å²) in [6, 6.07) is 8.17. The molecule has 1 aromatic heterocycles. The van der Waals surface area contributed by atoms with Crippen molar-refractivity contribution in [3.63, 3.8) is 0 Å². The minimum atomic E-state index is 0.705. The quantitative estimate of drug-likeness (QED) is 0.625. The Labute approximate surface area is 96.5 Å². The van der Waals surface area contributed by atoms with Gasteiger partial charge in [-0.05, 0) is 19.1 Å². The minimum Gasteiger partial charge on any atom is -0.444 e. The molecule has 0 amide bonds. The largest absolute Gasteiger partial charge is 0.444 e. The molecule has 0 aliphatic carbocycles. The zero-order chi connectivity index (χ0) is 9.97. The second-order valence-electron chi connectivity index (χ2n) is 3.14. The molecule has 1 heterocycles. The first-order chi connectivity index (χ1) is 6.79. The molecular formula is C11H10INO. The van der Waals surface area contributed by atoms with E-state index in [2.05, 4.69) is 46.6 Å². The van der Waals surface area contributed by atoms with Gasteiger partial charge in [-0.2, -0.15) is 0 Å². The molecule has 0 bridgehead atoms. The van der Waals surface area contributed by atoms with E-state index in [4.69, 9.17) is 4.42 Å². The highest BCUT2D eigenvalue weighted by atomic mass is 127. The van der Waals surface area contributed by atoms with E-state index in [-0.39, 0.29) is 0 Å². The summed E-state index contributed by atoms with van der Waals surface area (Å²) in [4.78, 5) is 4.35. The predicted octanol–water partition coefficient (Wildman–Crippen LogP) is 3.59. The third-order valence-electron chi connectivity index (χ3n) is 1.99. The SMILES string of the molecule is Cc1ccc(-c2nc(CI)co2)cc1. The third-order valence-corrected chi connectivity index (χ3v) is 2.77. The van der Waals surface area contributed by atoms with Crippen molar-refractivity contribution in [2.75, 3.05) is 0 Å². The van der Waals surface area contributed by atoms with E-state index in [9.17, 15) is 0 Å². The number of aromatic nitrogens is 1. The summed E-state index contributed by atoms with van der Waals surface area (Å²) in [5, 5.41) is 0. The predicted molar refractivity (Wildman–Crippen MR) is 64.4 cm³/mol. The number of rotatable bonds is 2. The van der Waals surface area contributed by atoms with E-state index in [1.165, 1.54) is 5.56 Å². The van der Waals surface area contributed by atoms with Crippen molar-refractivity contribution in [3.8, 4) is 11.5 Å². The van der Waals surface area contributed by atoms with E-state index in [0.717, 1.165) is 15.7 Å². The van der Waals surface area contributed by atoms with Crippen LogP contribution in [0.5, 0.6) is 0 Å². The first-order valence-electron chi connectivity index (χ1n) is 4.37. The fourth-order valence-electron chi connectivity index (χ4n) is 1.20. The molecule has 2 aromatic rings. The van der Waals surface area contributed by atoms with Crippen LogP contribution >= 0.6 is 22.6 Å². The maximum absolute atomic E-state index is 5.37. The molecule has 0 spiro atoms. The minimum absolute atomic E-state index is 0.705. The summed E-state index contributed by atoms with van der Waals surface area (Å²) in [6.45, 7) is 2.07. The molecule has 0 atom stereocenters. The number of aryl methyl sites for hydroxylation is 1. The zero-order valence-electron chi connectivity index (χ0n) is 7.83. The highest BCUT2D eigenvalue weighted by molar-refractivity contribution is 14.1. The summed E-state index contributed by atoms with van der Waals surface area (Å²) < 4.78 is 6.25. The molecule has 14 heavy (non-hydrogen) atoms. The Balaban J connectivity index is 2.34. The summed E-state index contributed by atoms with van der Waals surface area (Å²) in [6.07, 6.45) is 1.71. The molecule has 0 N–H and O–H groups in total. The van der Waals surface area contributed by atoms with Crippen LogP contribution in [0.1, 0.15) is 11.3 Å². The van der Waals surface area contributed by atoms with Crippen LogP contribution in [0.15, 0.2) is 34.9 Å². The lowest BCUT2D eigenvalue weighted by Gasteiger charge is -1.95. The molecule has 0 fully saturated rings. The lowest BCUT2D eigenvalue weighted by Crippen LogP contribution is -1.79. The topological polar surface area (TPSA) is 26.0 Å². The highest BCUT2D eigenvalue weighted by Crippen LogP contribution is 2.19. The maximum Gasteiger partial charge on any atom is 0.226 e. The molecule has 0 unspecified atom stereocenters. The van der Waals surface area contributed by atoms with Crippen LogP contribution in [0, 0.1) is 6.92 Å². The standard InChI is InChI=1S/C11H10INO/c1-8-2-4-9(5-3-8)11-13-10(6-12)7-14-11/h2-5,7H,6H2,1H3. The first-order valence-corrected chi connectivity index (χ1v) is 5.89. The molecule has 0 aliphatic rings. The summed E-state index contributed by atoms with van der Waals surface area (Å²) in [5.74, 6) is 0.705. The number of alkyl halides is 1. The average molecular weight is 299 g/mol. The molecule has 72 valence electrons. The van der Waals surface area contributed by atoms with Crippen molar-refractivity contribution in [2.24, 2.45) is 0 Å². The van der Waals surface area contributed by atoms with Crippen LogP contribution in [0.3, 0.4) is 0 Å². The van der Waals surface area contributed by atoms with Crippen LogP contribution in [0.2, 0.25) is 0 Å². The maximum atomic E-state index is 5.37. The van der Waals surface area contributed by atoms with Gasteiger partial charge in [-0.15, -0.1) is 0 Å². The van der Waals surface area contributed by atoms with E-state index >= 15 is 0 Å². The lowest BCUT2D eigenvalue weighted by atomic mass is 10.1. The number of hydrogen-bond donors (Lipinski definition) is 0. The monoisotopic (exact) mass is 299 g/mol. The molecule has 0 saturated carbocycles. The van der Waals surface area contributed by atoms with Crippen molar-refractivity contribution < 1.29 is 4.42 Å². The van der Waals surface area contributed by atoms with Crippen LogP contribution in [0.25, 0.3) is 11.5 Å². The van der Waals surface area contributed by atoms with E-state index in [0.29, 0.717) is 5.89 Å². The lowest BCUT2D eigenvalue weighted by molar-refractivity contribution is 0.573. The Morgan fingerprint density at radius 3 is 2.57 bits per heavy atom. The van der Waals surface area contributed by atoms with E-state index in [1.807, 2.05) is 12.1 Å². The molecular weight excluding hydrogens is 289 g/mol. The van der Waals surface area contributed by atoms with Gasteiger partial charge in [0.2, 0.25) is 5.89 Å². The third kappa shape index (κ3) is 1.97. The van der Waals surface area contributed by atoms with Gasteiger partial charge in [0, 0.05) is 9.99 Å². The van der Waals surface area contributed by atoms with E-state index < -0.39 is 0 Å². The second-order valence-corrected chi connectivity index (χ2v) is 3.91. The average Bonchev–Trinajstić information content (AvgIpc) is 2.67. The Hall–Kier alpha value is -0.840.